The second kappa shape index (κ2) is 4.56. The molecule has 0 spiro atoms. The minimum Gasteiger partial charge on any atom is -0.379 e. The van der Waals surface area contributed by atoms with Gasteiger partial charge in [-0.25, -0.2) is 8.78 Å². The van der Waals surface area contributed by atoms with E-state index in [4.69, 9.17) is 5.26 Å². The molecule has 1 aromatic rings. The van der Waals surface area contributed by atoms with Gasteiger partial charge in [-0.1, -0.05) is 6.07 Å². The number of halogens is 2. The van der Waals surface area contributed by atoms with Crippen molar-refractivity contribution >= 4 is 5.69 Å². The van der Waals surface area contributed by atoms with E-state index in [0.717, 1.165) is 6.07 Å². The zero-order chi connectivity index (χ0) is 10.6. The van der Waals surface area contributed by atoms with E-state index >= 15 is 0 Å². The Morgan fingerprint density at radius 2 is 2.21 bits per heavy atom. The molecule has 0 saturated carbocycles. The fraction of sp³-hybridized carbons (Fsp3) is 0.300. The number of hydrogen-bond acceptors (Lipinski definition) is 2. The van der Waals surface area contributed by atoms with E-state index in [1.165, 1.54) is 12.1 Å². The lowest BCUT2D eigenvalue weighted by Crippen LogP contribution is -2.15. The molecule has 0 heterocycles. The molecule has 0 fully saturated rings. The fourth-order valence-electron chi connectivity index (χ4n) is 1.07. The molecule has 1 N–H and O–H groups in total. The Kier molecular flexibility index (Phi) is 3.41. The normalized spacial score (nSPS) is 11.9. The maximum absolute atomic E-state index is 13.1. The molecule has 74 valence electrons. The first kappa shape index (κ1) is 10.5. The average Bonchev–Trinajstić information content (AvgIpc) is 2.13. The molecule has 1 atom stereocenters. The minimum absolute atomic E-state index is 0.0905. The Balaban J connectivity index is 2.77. The van der Waals surface area contributed by atoms with E-state index < -0.39 is 11.6 Å². The summed E-state index contributed by atoms with van der Waals surface area (Å²) in [5, 5.41) is 11.1. The summed E-state index contributed by atoms with van der Waals surface area (Å²) in [5.74, 6) is -1.79. The van der Waals surface area contributed by atoms with Crippen molar-refractivity contribution in [3.8, 4) is 6.07 Å². The number of nitrogens with one attached hydrogen (secondary N) is 1. The van der Waals surface area contributed by atoms with Crippen molar-refractivity contribution < 1.29 is 8.78 Å². The van der Waals surface area contributed by atoms with Gasteiger partial charge in [0.15, 0.2) is 11.6 Å². The minimum atomic E-state index is -0.905. The summed E-state index contributed by atoms with van der Waals surface area (Å²) < 4.78 is 25.8. The zero-order valence-electron chi connectivity index (χ0n) is 7.72. The highest BCUT2D eigenvalue weighted by molar-refractivity contribution is 5.45. The summed E-state index contributed by atoms with van der Waals surface area (Å²) in [7, 11) is 0. The van der Waals surface area contributed by atoms with Crippen LogP contribution in [0.2, 0.25) is 0 Å². The summed E-state index contributed by atoms with van der Waals surface area (Å²) >= 11 is 0. The predicted octanol–water partition coefficient (Wildman–Crippen LogP) is 2.68. The van der Waals surface area contributed by atoms with Gasteiger partial charge >= 0.3 is 0 Å². The van der Waals surface area contributed by atoms with Gasteiger partial charge < -0.3 is 5.32 Å². The van der Waals surface area contributed by atoms with Crippen molar-refractivity contribution in [3.05, 3.63) is 29.8 Å². The van der Waals surface area contributed by atoms with Crippen LogP contribution in [0.1, 0.15) is 13.3 Å². The van der Waals surface area contributed by atoms with Crippen LogP contribution in [0.5, 0.6) is 0 Å². The molecule has 0 aliphatic rings. The van der Waals surface area contributed by atoms with Gasteiger partial charge in [-0.05, 0) is 19.1 Å². The first-order valence-corrected chi connectivity index (χ1v) is 4.22. The summed E-state index contributed by atoms with van der Waals surface area (Å²) in [6.07, 6.45) is 0.246. The van der Waals surface area contributed by atoms with Gasteiger partial charge in [0.2, 0.25) is 0 Å². The summed E-state index contributed by atoms with van der Waals surface area (Å²) in [4.78, 5) is 0. The number of anilines is 1. The Bertz CT molecular complexity index is 358. The molecule has 0 radical (unpaired) electrons. The van der Waals surface area contributed by atoms with Gasteiger partial charge in [0.1, 0.15) is 0 Å². The van der Waals surface area contributed by atoms with Crippen LogP contribution in [0.25, 0.3) is 0 Å². The molecule has 1 unspecified atom stereocenters. The lowest BCUT2D eigenvalue weighted by molar-refractivity contribution is 0.510. The van der Waals surface area contributed by atoms with E-state index in [1.807, 2.05) is 6.07 Å². The van der Waals surface area contributed by atoms with Gasteiger partial charge in [0, 0.05) is 6.04 Å². The van der Waals surface area contributed by atoms with Gasteiger partial charge in [-0.3, -0.25) is 0 Å². The molecule has 0 amide bonds. The summed E-state index contributed by atoms with van der Waals surface area (Å²) in [5.41, 5.74) is 0.0905. The van der Waals surface area contributed by atoms with Crippen molar-refractivity contribution in [3.63, 3.8) is 0 Å². The molecule has 0 saturated heterocycles. The van der Waals surface area contributed by atoms with Crippen molar-refractivity contribution in [2.24, 2.45) is 0 Å². The topological polar surface area (TPSA) is 35.8 Å². The molecule has 0 bridgehead atoms. The quantitative estimate of drug-likeness (QED) is 0.806. The predicted molar refractivity (Wildman–Crippen MR) is 49.7 cm³/mol. The number of hydrogen-bond donors (Lipinski definition) is 1. The standard InChI is InChI=1S/C10H10F2N2/c1-7(5-6-13)14-9-4-2-3-8(11)10(9)12/h2-4,7,14H,5H2,1H3. The smallest absolute Gasteiger partial charge is 0.181 e. The lowest BCUT2D eigenvalue weighted by Gasteiger charge is -2.12. The van der Waals surface area contributed by atoms with Crippen LogP contribution in [0.15, 0.2) is 18.2 Å². The maximum atomic E-state index is 13.1. The van der Waals surface area contributed by atoms with E-state index in [-0.39, 0.29) is 18.2 Å². The van der Waals surface area contributed by atoms with Crippen LogP contribution in [-0.2, 0) is 0 Å². The highest BCUT2D eigenvalue weighted by atomic mass is 19.2. The molecule has 1 aromatic carbocycles. The monoisotopic (exact) mass is 196 g/mol. The summed E-state index contributed by atoms with van der Waals surface area (Å²) in [6, 6.07) is 5.65. The van der Waals surface area contributed by atoms with Gasteiger partial charge in [0.25, 0.3) is 0 Å². The SMILES string of the molecule is CC(CC#N)Nc1cccc(F)c1F. The molecule has 0 aliphatic heterocycles. The number of nitriles is 1. The molecule has 0 aromatic heterocycles. The molecule has 14 heavy (non-hydrogen) atoms. The van der Waals surface area contributed by atoms with Crippen LogP contribution in [0.3, 0.4) is 0 Å². The number of rotatable bonds is 3. The van der Waals surface area contributed by atoms with Crippen molar-refractivity contribution in [2.75, 3.05) is 5.32 Å². The third kappa shape index (κ3) is 2.43. The third-order valence-electron chi connectivity index (χ3n) is 1.75. The van der Waals surface area contributed by atoms with Crippen LogP contribution >= 0.6 is 0 Å². The average molecular weight is 196 g/mol. The van der Waals surface area contributed by atoms with E-state index in [1.54, 1.807) is 6.92 Å². The molecule has 4 heteroatoms. The van der Waals surface area contributed by atoms with Gasteiger partial charge in [0.05, 0.1) is 18.2 Å². The molecule has 2 nitrogen and oxygen atoms in total. The van der Waals surface area contributed by atoms with E-state index in [9.17, 15) is 8.78 Å². The van der Waals surface area contributed by atoms with E-state index in [2.05, 4.69) is 5.32 Å². The Morgan fingerprint density at radius 3 is 2.86 bits per heavy atom. The third-order valence-corrected chi connectivity index (χ3v) is 1.75. The molecular formula is C10H10F2N2. The van der Waals surface area contributed by atoms with Crippen molar-refractivity contribution in [1.82, 2.24) is 0 Å². The fourth-order valence-corrected chi connectivity index (χ4v) is 1.07. The number of benzene rings is 1. The van der Waals surface area contributed by atoms with E-state index in [0.29, 0.717) is 0 Å². The van der Waals surface area contributed by atoms with Crippen LogP contribution < -0.4 is 5.32 Å². The zero-order valence-corrected chi connectivity index (χ0v) is 7.72. The second-order valence-corrected chi connectivity index (χ2v) is 3.01. The molecule has 0 aliphatic carbocycles. The van der Waals surface area contributed by atoms with Crippen LogP contribution in [0.4, 0.5) is 14.5 Å². The highest BCUT2D eigenvalue weighted by Crippen LogP contribution is 2.17. The highest BCUT2D eigenvalue weighted by Gasteiger charge is 2.09. The lowest BCUT2D eigenvalue weighted by atomic mass is 10.2. The Morgan fingerprint density at radius 1 is 1.50 bits per heavy atom. The summed E-state index contributed by atoms with van der Waals surface area (Å²) in [6.45, 7) is 1.73. The number of nitrogens with zero attached hydrogens (tertiary/aromatic N) is 1. The molecular weight excluding hydrogens is 186 g/mol. The second-order valence-electron chi connectivity index (χ2n) is 3.01. The Labute approximate surface area is 81.2 Å². The van der Waals surface area contributed by atoms with Crippen molar-refractivity contribution in [1.29, 1.82) is 5.26 Å². The maximum Gasteiger partial charge on any atom is 0.181 e. The Hall–Kier alpha value is -1.63. The van der Waals surface area contributed by atoms with Crippen LogP contribution in [0, 0.1) is 23.0 Å². The molecule has 1 rings (SSSR count). The largest absolute Gasteiger partial charge is 0.379 e. The van der Waals surface area contributed by atoms with Crippen molar-refractivity contribution in [2.45, 2.75) is 19.4 Å². The first-order chi connectivity index (χ1) is 6.65. The van der Waals surface area contributed by atoms with Gasteiger partial charge in [-0.15, -0.1) is 0 Å². The first-order valence-electron chi connectivity index (χ1n) is 4.22. The van der Waals surface area contributed by atoms with Crippen LogP contribution in [-0.4, -0.2) is 6.04 Å². The van der Waals surface area contributed by atoms with Gasteiger partial charge in [-0.2, -0.15) is 5.26 Å².